The monoisotopic (exact) mass is 428 g/mol. The van der Waals surface area contributed by atoms with Crippen LogP contribution in [0.2, 0.25) is 0 Å². The standard InChI is InChI=1S/C6H8N.3C6H7N.Mn/c4*1-7-5-3-2-4-6-7;/h2-4H,5H2,1H3;3*2-5H,1H3;/q;3*+1;. The van der Waals surface area contributed by atoms with E-state index in [1.54, 1.807) is 0 Å². The third kappa shape index (κ3) is 16.0. The van der Waals surface area contributed by atoms with Crippen molar-refractivity contribution in [3.05, 3.63) is 116 Å². The largest absolute Gasteiger partial charge is 0.369 e. The molecule has 0 aliphatic carbocycles. The minimum atomic E-state index is 0. The van der Waals surface area contributed by atoms with Crippen LogP contribution in [-0.4, -0.2) is 18.5 Å². The number of nitrogens with zero attached hydrogens (tertiary/aromatic N) is 4. The summed E-state index contributed by atoms with van der Waals surface area (Å²) in [5.41, 5.74) is 0. The summed E-state index contributed by atoms with van der Waals surface area (Å²) in [5, 5.41) is 0. The summed E-state index contributed by atoms with van der Waals surface area (Å²) in [7, 11) is 7.83. The summed E-state index contributed by atoms with van der Waals surface area (Å²) in [4.78, 5) is 2.00. The molecule has 0 bridgehead atoms. The van der Waals surface area contributed by atoms with E-state index in [4.69, 9.17) is 0 Å². The first-order valence-electron chi connectivity index (χ1n) is 9.00. The van der Waals surface area contributed by atoms with E-state index in [-0.39, 0.29) is 17.1 Å². The fourth-order valence-corrected chi connectivity index (χ4v) is 1.82. The van der Waals surface area contributed by atoms with Gasteiger partial charge in [0.2, 0.25) is 0 Å². The van der Waals surface area contributed by atoms with Gasteiger partial charge < -0.3 is 4.90 Å². The van der Waals surface area contributed by atoms with Gasteiger partial charge in [-0.15, -0.1) is 0 Å². The fraction of sp³-hybridized carbons (Fsp3) is 0.208. The molecule has 4 nitrogen and oxygen atoms in total. The quantitative estimate of drug-likeness (QED) is 0.393. The van der Waals surface area contributed by atoms with Gasteiger partial charge in [0.05, 0.1) is 6.20 Å². The van der Waals surface area contributed by atoms with Gasteiger partial charge in [0.1, 0.15) is 21.1 Å². The number of aryl methyl sites for hydroxylation is 3. The van der Waals surface area contributed by atoms with Crippen molar-refractivity contribution in [2.75, 3.05) is 13.6 Å². The molecular weight excluding hydrogens is 399 g/mol. The molecule has 3 aromatic rings. The van der Waals surface area contributed by atoms with Gasteiger partial charge in [0, 0.05) is 67.1 Å². The molecule has 5 heteroatoms. The van der Waals surface area contributed by atoms with E-state index in [0.717, 1.165) is 6.54 Å². The van der Waals surface area contributed by atoms with Crippen molar-refractivity contribution < 1.29 is 30.8 Å². The number of likely N-dealkylation sites (N-methyl/N-ethyl adjacent to an activating group) is 1. The second-order valence-corrected chi connectivity index (χ2v) is 5.93. The Morgan fingerprint density at radius 1 is 0.690 bits per heavy atom. The molecule has 3 aromatic heterocycles. The molecule has 0 unspecified atom stereocenters. The molecule has 0 atom stereocenters. The summed E-state index contributed by atoms with van der Waals surface area (Å²) in [6, 6.07) is 17.4. The van der Waals surface area contributed by atoms with Crippen molar-refractivity contribution in [1.82, 2.24) is 4.90 Å². The SMILES string of the molecule is CN1[C]=CC=CC1.C[n+]1[c]cccc1.C[n+]1[c]cccc1.C[n+]1[c]cccc1.[Mn]. The molecule has 0 fully saturated rings. The van der Waals surface area contributed by atoms with Crippen LogP contribution < -0.4 is 13.7 Å². The Hall–Kier alpha value is -2.75. The predicted octanol–water partition coefficient (Wildman–Crippen LogP) is 1.74. The molecule has 149 valence electrons. The van der Waals surface area contributed by atoms with Crippen molar-refractivity contribution in [3.8, 4) is 0 Å². The Kier molecular flexibility index (Phi) is 15.7. The van der Waals surface area contributed by atoms with Crippen molar-refractivity contribution >= 4 is 0 Å². The molecule has 4 rings (SSSR count). The Morgan fingerprint density at radius 3 is 1.24 bits per heavy atom. The van der Waals surface area contributed by atoms with E-state index in [9.17, 15) is 0 Å². The molecule has 0 N–H and O–H groups in total. The van der Waals surface area contributed by atoms with Crippen molar-refractivity contribution in [2.45, 2.75) is 0 Å². The van der Waals surface area contributed by atoms with Gasteiger partial charge in [-0.05, 0) is 24.3 Å². The molecule has 0 aromatic carbocycles. The van der Waals surface area contributed by atoms with Crippen LogP contribution in [0.5, 0.6) is 0 Å². The minimum Gasteiger partial charge on any atom is -0.369 e. The van der Waals surface area contributed by atoms with Crippen LogP contribution in [0.15, 0.2) is 91.4 Å². The molecule has 4 heterocycles. The number of rotatable bonds is 0. The Balaban J connectivity index is 0.000000356. The zero-order valence-corrected chi connectivity index (χ0v) is 18.7. The number of pyridine rings is 3. The van der Waals surface area contributed by atoms with Crippen LogP contribution in [0.3, 0.4) is 0 Å². The summed E-state index contributed by atoms with van der Waals surface area (Å²) >= 11 is 0. The van der Waals surface area contributed by atoms with Crippen LogP contribution in [0.25, 0.3) is 0 Å². The first kappa shape index (κ1) is 26.2. The first-order chi connectivity index (χ1) is 13.6. The van der Waals surface area contributed by atoms with Crippen LogP contribution in [0.4, 0.5) is 0 Å². The maximum atomic E-state index is 3.00. The molecule has 0 saturated carbocycles. The topological polar surface area (TPSA) is 14.9 Å². The van der Waals surface area contributed by atoms with Crippen LogP contribution in [0.1, 0.15) is 0 Å². The van der Waals surface area contributed by atoms with E-state index in [1.165, 1.54) is 0 Å². The van der Waals surface area contributed by atoms with Crippen molar-refractivity contribution in [1.29, 1.82) is 0 Å². The van der Waals surface area contributed by atoms with E-state index in [2.05, 4.69) is 30.9 Å². The Labute approximate surface area is 186 Å². The number of aromatic nitrogens is 3. The molecule has 1 aliphatic rings. The summed E-state index contributed by atoms with van der Waals surface area (Å²) < 4.78 is 5.62. The molecular formula is C24H29MnN4+3. The predicted molar refractivity (Wildman–Crippen MR) is 109 cm³/mol. The van der Waals surface area contributed by atoms with E-state index in [0.29, 0.717) is 0 Å². The first-order valence-corrected chi connectivity index (χ1v) is 9.00. The zero-order chi connectivity index (χ0) is 20.5. The second-order valence-electron chi connectivity index (χ2n) is 5.93. The van der Waals surface area contributed by atoms with Gasteiger partial charge in [-0.25, -0.2) is 0 Å². The summed E-state index contributed by atoms with van der Waals surface area (Å²) in [6.07, 6.45) is 23.7. The molecule has 0 saturated heterocycles. The average molecular weight is 428 g/mol. The maximum absolute atomic E-state index is 3.00. The summed E-state index contributed by atoms with van der Waals surface area (Å²) in [5.74, 6) is 0. The number of allylic oxidation sites excluding steroid dienone is 2. The molecule has 0 amide bonds. The molecule has 29 heavy (non-hydrogen) atoms. The van der Waals surface area contributed by atoms with Crippen molar-refractivity contribution in [2.24, 2.45) is 21.1 Å². The van der Waals surface area contributed by atoms with Gasteiger partial charge >= 0.3 is 0 Å². The Morgan fingerprint density at radius 2 is 1.10 bits per heavy atom. The van der Waals surface area contributed by atoms with E-state index < -0.39 is 0 Å². The third-order valence-corrected chi connectivity index (χ3v) is 3.29. The van der Waals surface area contributed by atoms with Gasteiger partial charge in [-0.3, -0.25) is 0 Å². The molecule has 1 aliphatic heterocycles. The maximum Gasteiger partial charge on any atom is 0.277 e. The van der Waals surface area contributed by atoms with Crippen LogP contribution in [-0.2, 0) is 38.2 Å². The van der Waals surface area contributed by atoms with Gasteiger partial charge in [-0.1, -0.05) is 12.2 Å². The smallest absolute Gasteiger partial charge is 0.277 e. The average Bonchev–Trinajstić information content (AvgIpc) is 2.72. The van der Waals surface area contributed by atoms with Gasteiger partial charge in [0.15, 0.2) is 18.6 Å². The minimum absolute atomic E-state index is 0. The van der Waals surface area contributed by atoms with Crippen LogP contribution >= 0.6 is 0 Å². The molecule has 5 radical (unpaired) electrons. The van der Waals surface area contributed by atoms with Crippen molar-refractivity contribution in [3.63, 3.8) is 0 Å². The number of hydrogen-bond donors (Lipinski definition) is 0. The zero-order valence-electron chi connectivity index (χ0n) is 17.5. The van der Waals surface area contributed by atoms with Gasteiger partial charge in [0.25, 0.3) is 18.6 Å². The Bertz CT molecular complexity index is 702. The second kappa shape index (κ2) is 17.4. The van der Waals surface area contributed by atoms with Crippen LogP contribution in [0, 0.1) is 24.8 Å². The van der Waals surface area contributed by atoms with E-state index >= 15 is 0 Å². The van der Waals surface area contributed by atoms with Gasteiger partial charge in [-0.2, -0.15) is 13.7 Å². The normalized spacial score (nSPS) is 10.7. The fourth-order valence-electron chi connectivity index (χ4n) is 1.82. The third-order valence-electron chi connectivity index (χ3n) is 3.29. The van der Waals surface area contributed by atoms with E-state index in [1.807, 2.05) is 132 Å². The molecule has 0 spiro atoms. The number of hydrogen-bond acceptors (Lipinski definition) is 1. The summed E-state index contributed by atoms with van der Waals surface area (Å²) in [6.45, 7) is 0.997.